The topological polar surface area (TPSA) is 38.9 Å². The smallest absolute Gasteiger partial charge is 0.126 e. The van der Waals surface area contributed by atoms with Gasteiger partial charge in [-0.15, -0.1) is 53.6 Å². The van der Waals surface area contributed by atoms with Crippen molar-refractivity contribution in [2.24, 2.45) is 0 Å². The van der Waals surface area contributed by atoms with E-state index < -0.39 is 8.07 Å². The molecule has 3 nitrogen and oxygen atoms in total. The summed E-state index contributed by atoms with van der Waals surface area (Å²) < 4.78 is 19.4. The van der Waals surface area contributed by atoms with E-state index in [1.54, 1.807) is 6.07 Å². The number of rotatable bonds is 5. The largest absolute Gasteiger partial charge is 0.500 e. The first-order chi connectivity index (χ1) is 21.2. The molecule has 0 saturated heterocycles. The monoisotopic (exact) mass is 785 g/mol. The summed E-state index contributed by atoms with van der Waals surface area (Å²) in [5.74, 6) is -0.301. The van der Waals surface area contributed by atoms with Crippen LogP contribution in [0.5, 0.6) is 0 Å². The van der Waals surface area contributed by atoms with E-state index in [1.165, 1.54) is 34.0 Å². The molecule has 0 amide bonds. The van der Waals surface area contributed by atoms with Gasteiger partial charge < -0.3 is 14.4 Å². The van der Waals surface area contributed by atoms with Gasteiger partial charge in [0, 0.05) is 44.0 Å². The van der Waals surface area contributed by atoms with Crippen molar-refractivity contribution < 1.29 is 28.9 Å². The zero-order chi connectivity index (χ0) is 30.7. The first-order valence-electron chi connectivity index (χ1n) is 14.7. The van der Waals surface area contributed by atoms with Gasteiger partial charge in [-0.3, -0.25) is 0 Å². The van der Waals surface area contributed by atoms with Crippen molar-refractivity contribution >= 4 is 35.2 Å². The van der Waals surface area contributed by atoms with E-state index in [2.05, 4.69) is 103 Å². The van der Waals surface area contributed by atoms with Crippen LogP contribution in [0.1, 0.15) is 16.7 Å². The van der Waals surface area contributed by atoms with Crippen molar-refractivity contribution in [1.29, 1.82) is 0 Å². The molecule has 7 rings (SSSR count). The van der Waals surface area contributed by atoms with Gasteiger partial charge in [0.2, 0.25) is 0 Å². The Bertz CT molecular complexity index is 2030. The number of hydrogen-bond donors (Lipinski definition) is 0. The summed E-state index contributed by atoms with van der Waals surface area (Å²) in [5, 5.41) is 3.17. The molecule has 0 N–H and O–H groups in total. The fraction of sp³-hybridized carbons (Fsp3) is 0.128. The van der Waals surface area contributed by atoms with Gasteiger partial charge in [-0.05, 0) is 52.3 Å². The van der Waals surface area contributed by atoms with Gasteiger partial charge in [0.05, 0.1) is 13.7 Å². The van der Waals surface area contributed by atoms with Gasteiger partial charge in [-0.1, -0.05) is 86.0 Å². The first kappa shape index (κ1) is 32.2. The zero-order valence-electron chi connectivity index (χ0n) is 25.7. The van der Waals surface area contributed by atoms with E-state index in [0.717, 1.165) is 39.7 Å². The third-order valence-electron chi connectivity index (χ3n) is 7.60. The number of aromatic nitrogens is 2. The van der Waals surface area contributed by atoms with Crippen LogP contribution < -0.4 is 5.19 Å². The van der Waals surface area contributed by atoms with Gasteiger partial charge in [0.15, 0.2) is 0 Å². The second kappa shape index (κ2) is 13.8. The van der Waals surface area contributed by atoms with Crippen LogP contribution in [0.15, 0.2) is 120 Å². The molecular formula is C39H33FIrN2OSi-2. The average Bonchev–Trinajstić information content (AvgIpc) is 3.40. The SMILES string of the molecule is C[Si](C)(C)c1ccc(-c2[c-]ccc3c2oc2cc(F)ccc23)nc1.Cc1c[c-]c(-c2cc(Cc3ccccc3)ccn2)cc1.[Ir]. The fourth-order valence-corrected chi connectivity index (χ4v) is 6.15. The van der Waals surface area contributed by atoms with Crippen molar-refractivity contribution in [2.75, 3.05) is 0 Å². The van der Waals surface area contributed by atoms with Crippen LogP contribution in [0.4, 0.5) is 4.39 Å². The van der Waals surface area contributed by atoms with Gasteiger partial charge in [-0.2, -0.15) is 0 Å². The second-order valence-electron chi connectivity index (χ2n) is 12.0. The Balaban J connectivity index is 0.000000177. The number of aryl methyl sites for hydroxylation is 1. The number of nitrogens with zero attached hydrogens (tertiary/aromatic N) is 2. The fourth-order valence-electron chi connectivity index (χ4n) is 5.12. The Morgan fingerprint density at radius 2 is 1.60 bits per heavy atom. The number of pyridine rings is 2. The van der Waals surface area contributed by atoms with Gasteiger partial charge in [-0.25, -0.2) is 4.39 Å². The van der Waals surface area contributed by atoms with Crippen LogP contribution >= 0.6 is 0 Å². The van der Waals surface area contributed by atoms with E-state index in [-0.39, 0.29) is 25.9 Å². The van der Waals surface area contributed by atoms with Crippen LogP contribution in [-0.2, 0) is 26.5 Å². The quantitative estimate of drug-likeness (QED) is 0.129. The third kappa shape index (κ3) is 7.54. The summed E-state index contributed by atoms with van der Waals surface area (Å²) in [5.41, 5.74) is 8.72. The maximum absolute atomic E-state index is 13.5. The molecule has 0 unspecified atom stereocenters. The van der Waals surface area contributed by atoms with E-state index in [9.17, 15) is 4.39 Å². The van der Waals surface area contributed by atoms with Crippen molar-refractivity contribution in [3.05, 3.63) is 150 Å². The molecular weight excluding hydrogens is 752 g/mol. The van der Waals surface area contributed by atoms with Crippen LogP contribution in [0.3, 0.4) is 0 Å². The summed E-state index contributed by atoms with van der Waals surface area (Å²) >= 11 is 0. The maximum atomic E-state index is 13.5. The van der Waals surface area contributed by atoms with Crippen LogP contribution in [-0.4, -0.2) is 18.0 Å². The first-order valence-corrected chi connectivity index (χ1v) is 18.2. The summed E-state index contributed by atoms with van der Waals surface area (Å²) in [6.07, 6.45) is 4.76. The molecule has 0 bridgehead atoms. The summed E-state index contributed by atoms with van der Waals surface area (Å²) in [6, 6.07) is 40.0. The Morgan fingerprint density at radius 3 is 2.31 bits per heavy atom. The molecule has 227 valence electrons. The molecule has 6 heteroatoms. The Kier molecular flexibility index (Phi) is 9.88. The van der Waals surface area contributed by atoms with Gasteiger partial charge in [0.25, 0.3) is 0 Å². The molecule has 45 heavy (non-hydrogen) atoms. The van der Waals surface area contributed by atoms with E-state index in [0.29, 0.717) is 11.2 Å². The van der Waals surface area contributed by atoms with Crippen molar-refractivity contribution in [2.45, 2.75) is 33.0 Å². The van der Waals surface area contributed by atoms with E-state index >= 15 is 0 Å². The predicted octanol–water partition coefficient (Wildman–Crippen LogP) is 9.58. The summed E-state index contributed by atoms with van der Waals surface area (Å²) in [7, 11) is -1.38. The Labute approximate surface area is 278 Å². The molecule has 4 aromatic carbocycles. The molecule has 0 spiro atoms. The minimum absolute atomic E-state index is 0. The molecule has 7 aromatic rings. The molecule has 0 saturated carbocycles. The van der Waals surface area contributed by atoms with E-state index in [1.807, 2.05) is 42.7 Å². The van der Waals surface area contributed by atoms with Crippen LogP contribution in [0.25, 0.3) is 44.5 Å². The normalized spacial score (nSPS) is 11.1. The molecule has 3 heterocycles. The maximum Gasteiger partial charge on any atom is 0.126 e. The molecule has 0 fully saturated rings. The van der Waals surface area contributed by atoms with E-state index in [4.69, 9.17) is 4.42 Å². The Morgan fingerprint density at radius 1 is 0.778 bits per heavy atom. The van der Waals surface area contributed by atoms with Crippen LogP contribution in [0.2, 0.25) is 19.6 Å². The second-order valence-corrected chi connectivity index (χ2v) is 17.1. The zero-order valence-corrected chi connectivity index (χ0v) is 29.1. The minimum Gasteiger partial charge on any atom is -0.500 e. The molecule has 0 atom stereocenters. The molecule has 0 aliphatic carbocycles. The van der Waals surface area contributed by atoms with Crippen molar-refractivity contribution in [3.8, 4) is 22.5 Å². The summed E-state index contributed by atoms with van der Waals surface area (Å²) in [4.78, 5) is 9.07. The number of fused-ring (bicyclic) bond motifs is 3. The average molecular weight is 785 g/mol. The number of hydrogen-bond acceptors (Lipinski definition) is 3. The molecule has 1 radical (unpaired) electrons. The summed E-state index contributed by atoms with van der Waals surface area (Å²) in [6.45, 7) is 8.96. The van der Waals surface area contributed by atoms with Crippen molar-refractivity contribution in [1.82, 2.24) is 9.97 Å². The van der Waals surface area contributed by atoms with Gasteiger partial charge >= 0.3 is 0 Å². The number of halogens is 1. The van der Waals surface area contributed by atoms with Gasteiger partial charge in [0.1, 0.15) is 11.4 Å². The Hall–Kier alpha value is -4.22. The molecule has 3 aromatic heterocycles. The third-order valence-corrected chi connectivity index (χ3v) is 9.63. The molecule has 0 aliphatic rings. The number of benzene rings is 4. The standard InChI is InChI=1S/C20H17FNOSi.C19H16N.Ir/c1-24(2,3)14-8-10-18(22-12-14)17-6-4-5-16-15-9-7-13(21)11-19(15)23-20(16)17;1-15-7-9-18(10-8-15)19-14-17(11-12-20-19)13-16-5-3-2-4-6-16;/h4-5,7-12H,1-3H3;2-9,11-12,14H,13H2,1H3;/q2*-1;. The minimum atomic E-state index is -1.38. The van der Waals surface area contributed by atoms with Crippen molar-refractivity contribution in [3.63, 3.8) is 0 Å². The molecule has 0 aliphatic heterocycles. The van der Waals surface area contributed by atoms with Crippen LogP contribution in [0, 0.1) is 24.9 Å². The predicted molar refractivity (Wildman–Crippen MR) is 181 cm³/mol. The number of furan rings is 1.